The molecule has 3 aromatic carbocycles. The standard InChI is InChI=1S/C28H30N4O2S/c1-20(2)24-12-8-9-13-25(24)32-27(22-14-16-23(34-4)17-15-22)29-30-28(32)35-19-26(33)31(3)18-21-10-6-5-7-11-21/h5-17,20H,18-19H2,1-4H3. The zero-order valence-electron chi connectivity index (χ0n) is 20.5. The first-order valence-electron chi connectivity index (χ1n) is 11.6. The smallest absolute Gasteiger partial charge is 0.233 e. The first-order chi connectivity index (χ1) is 17.0. The van der Waals surface area contributed by atoms with Gasteiger partial charge in [0.2, 0.25) is 5.91 Å². The van der Waals surface area contributed by atoms with Crippen LogP contribution in [0.25, 0.3) is 17.1 Å². The lowest BCUT2D eigenvalue weighted by molar-refractivity contribution is -0.127. The van der Waals surface area contributed by atoms with Crippen LogP contribution in [0.4, 0.5) is 0 Å². The number of amides is 1. The zero-order chi connectivity index (χ0) is 24.8. The lowest BCUT2D eigenvalue weighted by Gasteiger charge is -2.18. The van der Waals surface area contributed by atoms with E-state index in [1.807, 2.05) is 73.8 Å². The predicted octanol–water partition coefficient (Wildman–Crippen LogP) is 5.82. The van der Waals surface area contributed by atoms with Gasteiger partial charge in [-0.15, -0.1) is 10.2 Å². The minimum absolute atomic E-state index is 0.0385. The third kappa shape index (κ3) is 5.74. The number of aromatic nitrogens is 3. The Morgan fingerprint density at radius 3 is 2.34 bits per heavy atom. The molecular formula is C28H30N4O2S. The summed E-state index contributed by atoms with van der Waals surface area (Å²) in [4.78, 5) is 14.7. The molecule has 180 valence electrons. The number of rotatable bonds is 9. The van der Waals surface area contributed by atoms with Crippen molar-refractivity contribution in [3.63, 3.8) is 0 Å². The van der Waals surface area contributed by atoms with Crippen molar-refractivity contribution in [2.45, 2.75) is 31.5 Å². The van der Waals surface area contributed by atoms with Crippen LogP contribution in [-0.2, 0) is 11.3 Å². The van der Waals surface area contributed by atoms with Gasteiger partial charge in [-0.1, -0.05) is 74.1 Å². The molecule has 0 aliphatic heterocycles. The van der Waals surface area contributed by atoms with Crippen molar-refractivity contribution < 1.29 is 9.53 Å². The molecule has 4 aromatic rings. The van der Waals surface area contributed by atoms with Crippen LogP contribution >= 0.6 is 11.8 Å². The summed E-state index contributed by atoms with van der Waals surface area (Å²) in [5, 5.41) is 9.72. The first-order valence-corrected chi connectivity index (χ1v) is 12.6. The van der Waals surface area contributed by atoms with Gasteiger partial charge in [-0.2, -0.15) is 0 Å². The molecule has 0 atom stereocenters. The van der Waals surface area contributed by atoms with Crippen molar-refractivity contribution in [2.24, 2.45) is 0 Å². The Kier molecular flexibility index (Phi) is 7.87. The summed E-state index contributed by atoms with van der Waals surface area (Å²) in [6, 6.07) is 26.1. The molecule has 35 heavy (non-hydrogen) atoms. The quantitative estimate of drug-likeness (QED) is 0.279. The third-order valence-electron chi connectivity index (χ3n) is 5.79. The average Bonchev–Trinajstić information content (AvgIpc) is 3.31. The molecule has 6 nitrogen and oxygen atoms in total. The summed E-state index contributed by atoms with van der Waals surface area (Å²) in [5.41, 5.74) is 4.24. The fourth-order valence-corrected chi connectivity index (χ4v) is 4.75. The Hall–Kier alpha value is -3.58. The van der Waals surface area contributed by atoms with Crippen molar-refractivity contribution in [3.05, 3.63) is 90.0 Å². The molecule has 0 saturated carbocycles. The van der Waals surface area contributed by atoms with Gasteiger partial charge in [-0.25, -0.2) is 0 Å². The Balaban J connectivity index is 1.64. The summed E-state index contributed by atoms with van der Waals surface area (Å²) in [5.74, 6) is 2.14. The second-order valence-corrected chi connectivity index (χ2v) is 9.55. The number of nitrogens with zero attached hydrogens (tertiary/aromatic N) is 4. The van der Waals surface area contributed by atoms with Crippen LogP contribution in [0.3, 0.4) is 0 Å². The molecule has 0 bridgehead atoms. The Labute approximate surface area is 211 Å². The summed E-state index contributed by atoms with van der Waals surface area (Å²) in [7, 11) is 3.48. The van der Waals surface area contributed by atoms with Gasteiger partial charge in [0, 0.05) is 19.2 Å². The summed E-state index contributed by atoms with van der Waals surface area (Å²) >= 11 is 1.41. The van der Waals surface area contributed by atoms with Crippen LogP contribution in [0.2, 0.25) is 0 Å². The molecule has 0 radical (unpaired) electrons. The highest BCUT2D eigenvalue weighted by molar-refractivity contribution is 7.99. The van der Waals surface area contributed by atoms with Gasteiger partial charge in [-0.3, -0.25) is 9.36 Å². The minimum Gasteiger partial charge on any atom is -0.497 e. The van der Waals surface area contributed by atoms with E-state index in [1.54, 1.807) is 12.0 Å². The molecule has 1 heterocycles. The number of hydrogen-bond acceptors (Lipinski definition) is 5. The Bertz CT molecular complexity index is 1270. The molecule has 7 heteroatoms. The van der Waals surface area contributed by atoms with Crippen LogP contribution in [0.15, 0.2) is 84.0 Å². The molecule has 0 unspecified atom stereocenters. The summed E-state index contributed by atoms with van der Waals surface area (Å²) < 4.78 is 7.38. The minimum atomic E-state index is 0.0385. The van der Waals surface area contributed by atoms with E-state index < -0.39 is 0 Å². The topological polar surface area (TPSA) is 60.3 Å². The number of benzene rings is 3. The Morgan fingerprint density at radius 2 is 1.66 bits per heavy atom. The number of carbonyl (C=O) groups excluding carboxylic acids is 1. The molecule has 1 amide bonds. The SMILES string of the molecule is COc1ccc(-c2nnc(SCC(=O)N(C)Cc3ccccc3)n2-c2ccccc2C(C)C)cc1. The largest absolute Gasteiger partial charge is 0.497 e. The van der Waals surface area contributed by atoms with Gasteiger partial charge in [0.25, 0.3) is 0 Å². The van der Waals surface area contributed by atoms with Crippen LogP contribution < -0.4 is 4.74 Å². The third-order valence-corrected chi connectivity index (χ3v) is 6.71. The van der Waals surface area contributed by atoms with E-state index in [0.29, 0.717) is 17.6 Å². The van der Waals surface area contributed by atoms with Crippen molar-refractivity contribution in [1.82, 2.24) is 19.7 Å². The predicted molar refractivity (Wildman–Crippen MR) is 141 cm³/mol. The summed E-state index contributed by atoms with van der Waals surface area (Å²) in [6.07, 6.45) is 0. The van der Waals surface area contributed by atoms with Gasteiger partial charge >= 0.3 is 0 Å². The number of thioether (sulfide) groups is 1. The molecule has 0 fully saturated rings. The van der Waals surface area contributed by atoms with Gasteiger partial charge < -0.3 is 9.64 Å². The zero-order valence-corrected chi connectivity index (χ0v) is 21.3. The van der Waals surface area contributed by atoms with Crippen LogP contribution in [-0.4, -0.2) is 45.5 Å². The van der Waals surface area contributed by atoms with Crippen molar-refractivity contribution in [3.8, 4) is 22.8 Å². The first kappa shape index (κ1) is 24.5. The van der Waals surface area contributed by atoms with Gasteiger partial charge in [0.1, 0.15) is 5.75 Å². The number of para-hydroxylation sites is 1. The average molecular weight is 487 g/mol. The molecule has 4 rings (SSSR count). The van der Waals surface area contributed by atoms with E-state index in [4.69, 9.17) is 4.74 Å². The van der Waals surface area contributed by atoms with E-state index in [-0.39, 0.29) is 11.7 Å². The fraction of sp³-hybridized carbons (Fsp3) is 0.250. The van der Waals surface area contributed by atoms with E-state index in [2.05, 4.69) is 40.7 Å². The van der Waals surface area contributed by atoms with Crippen LogP contribution in [0.1, 0.15) is 30.9 Å². The van der Waals surface area contributed by atoms with Gasteiger partial charge in [0.15, 0.2) is 11.0 Å². The van der Waals surface area contributed by atoms with Crippen molar-refractivity contribution in [1.29, 1.82) is 0 Å². The van der Waals surface area contributed by atoms with Gasteiger partial charge in [0.05, 0.1) is 18.6 Å². The molecule has 0 N–H and O–H groups in total. The van der Waals surface area contributed by atoms with E-state index in [0.717, 1.165) is 28.4 Å². The van der Waals surface area contributed by atoms with Gasteiger partial charge in [-0.05, 0) is 47.4 Å². The highest BCUT2D eigenvalue weighted by Gasteiger charge is 2.21. The second-order valence-electron chi connectivity index (χ2n) is 8.61. The Morgan fingerprint density at radius 1 is 0.971 bits per heavy atom. The molecule has 1 aromatic heterocycles. The maximum Gasteiger partial charge on any atom is 0.233 e. The van der Waals surface area contributed by atoms with Crippen molar-refractivity contribution >= 4 is 17.7 Å². The van der Waals surface area contributed by atoms with E-state index in [1.165, 1.54) is 17.3 Å². The second kappa shape index (κ2) is 11.2. The highest BCUT2D eigenvalue weighted by Crippen LogP contribution is 2.32. The number of hydrogen-bond donors (Lipinski definition) is 0. The van der Waals surface area contributed by atoms with Crippen LogP contribution in [0, 0.1) is 0 Å². The van der Waals surface area contributed by atoms with Crippen molar-refractivity contribution in [2.75, 3.05) is 19.9 Å². The molecule has 0 aliphatic rings. The van der Waals surface area contributed by atoms with Crippen LogP contribution in [0.5, 0.6) is 5.75 Å². The maximum absolute atomic E-state index is 12.9. The normalized spacial score (nSPS) is 11.0. The highest BCUT2D eigenvalue weighted by atomic mass is 32.2. The molecule has 0 aliphatic carbocycles. The number of ether oxygens (including phenoxy) is 1. The maximum atomic E-state index is 12.9. The molecule has 0 spiro atoms. The lowest BCUT2D eigenvalue weighted by Crippen LogP contribution is -2.27. The monoisotopic (exact) mass is 486 g/mol. The lowest BCUT2D eigenvalue weighted by atomic mass is 10.0. The fourth-order valence-electron chi connectivity index (χ4n) is 3.87. The van der Waals surface area contributed by atoms with E-state index >= 15 is 0 Å². The summed E-state index contributed by atoms with van der Waals surface area (Å²) in [6.45, 7) is 4.91. The van der Waals surface area contributed by atoms with E-state index in [9.17, 15) is 4.79 Å². The number of carbonyl (C=O) groups is 1. The molecular weight excluding hydrogens is 456 g/mol. The molecule has 0 saturated heterocycles. The number of methoxy groups -OCH3 is 1.